The predicted molar refractivity (Wildman–Crippen MR) is 120 cm³/mol. The van der Waals surface area contributed by atoms with Gasteiger partial charge in [-0.2, -0.15) is 0 Å². The third kappa shape index (κ3) is 5.63. The van der Waals surface area contributed by atoms with Gasteiger partial charge in [-0.25, -0.2) is 0 Å². The van der Waals surface area contributed by atoms with Gasteiger partial charge in [0.15, 0.2) is 11.5 Å². The molecule has 188 valence electrons. The second-order valence-corrected chi connectivity index (χ2v) is 8.64. The van der Waals surface area contributed by atoms with Gasteiger partial charge < -0.3 is 24.4 Å². The predicted octanol–water partition coefficient (Wildman–Crippen LogP) is 4.23. The molecule has 1 fully saturated rings. The van der Waals surface area contributed by atoms with Crippen molar-refractivity contribution in [2.75, 3.05) is 14.2 Å². The van der Waals surface area contributed by atoms with Crippen LogP contribution >= 0.6 is 0 Å². The van der Waals surface area contributed by atoms with Gasteiger partial charge in [-0.1, -0.05) is 0 Å². The van der Waals surface area contributed by atoms with Gasteiger partial charge >= 0.3 is 6.36 Å². The van der Waals surface area contributed by atoms with E-state index in [0.717, 1.165) is 48.9 Å². The molecule has 1 unspecified atom stereocenters. The molecule has 35 heavy (non-hydrogen) atoms. The molecule has 7 nitrogen and oxygen atoms in total. The minimum absolute atomic E-state index is 0.110. The number of nitrogens with zero attached hydrogens (tertiary/aromatic N) is 1. The molecule has 2 amide bonds. The Morgan fingerprint density at radius 3 is 2.29 bits per heavy atom. The van der Waals surface area contributed by atoms with E-state index in [0.29, 0.717) is 11.5 Å². The Morgan fingerprint density at radius 2 is 1.69 bits per heavy atom. The summed E-state index contributed by atoms with van der Waals surface area (Å²) in [5.74, 6) is -0.0752. The summed E-state index contributed by atoms with van der Waals surface area (Å²) in [7, 11) is 3.05. The highest BCUT2D eigenvalue weighted by Gasteiger charge is 2.36. The van der Waals surface area contributed by atoms with E-state index in [1.807, 2.05) is 12.1 Å². The number of methoxy groups -OCH3 is 1. The molecule has 0 spiro atoms. The molecule has 0 bridgehead atoms. The van der Waals surface area contributed by atoms with Crippen LogP contribution in [-0.4, -0.2) is 49.4 Å². The van der Waals surface area contributed by atoms with Crippen LogP contribution in [0.25, 0.3) is 0 Å². The maximum atomic E-state index is 13.4. The summed E-state index contributed by atoms with van der Waals surface area (Å²) in [5, 5.41) is 2.59. The minimum atomic E-state index is -4.83. The number of amides is 2. The Balaban J connectivity index is 1.62. The third-order valence-electron chi connectivity index (χ3n) is 6.36. The molecule has 2 aliphatic rings. The van der Waals surface area contributed by atoms with Gasteiger partial charge in [-0.05, 0) is 73.2 Å². The van der Waals surface area contributed by atoms with Gasteiger partial charge in [-0.3, -0.25) is 9.59 Å². The molecule has 10 heteroatoms. The smallest absolute Gasteiger partial charge is 0.493 e. The molecular formula is C25H27F3N2O5. The van der Waals surface area contributed by atoms with Crippen LogP contribution in [0, 0.1) is 0 Å². The van der Waals surface area contributed by atoms with Crippen molar-refractivity contribution in [2.45, 2.75) is 57.2 Å². The van der Waals surface area contributed by atoms with Crippen molar-refractivity contribution in [3.63, 3.8) is 0 Å². The number of benzene rings is 2. The fourth-order valence-corrected chi connectivity index (χ4v) is 4.61. The van der Waals surface area contributed by atoms with Crippen LogP contribution in [0.5, 0.6) is 17.2 Å². The molecule has 1 heterocycles. The summed E-state index contributed by atoms with van der Waals surface area (Å²) in [4.78, 5) is 27.5. The van der Waals surface area contributed by atoms with Crippen LogP contribution in [-0.2, 0) is 17.8 Å². The number of carbonyl (C=O) groups is 2. The lowest BCUT2D eigenvalue weighted by atomic mass is 9.92. The highest BCUT2D eigenvalue weighted by molar-refractivity contribution is 5.98. The number of alkyl halides is 3. The lowest BCUT2D eigenvalue weighted by Gasteiger charge is -2.36. The number of fused-ring (bicyclic) bond motifs is 1. The van der Waals surface area contributed by atoms with E-state index < -0.39 is 24.1 Å². The molecule has 4 rings (SSSR count). The Bertz CT molecular complexity index is 1080. The Morgan fingerprint density at radius 1 is 1.03 bits per heavy atom. The highest BCUT2D eigenvalue weighted by Crippen LogP contribution is 2.37. The van der Waals surface area contributed by atoms with Gasteiger partial charge in [-0.15, -0.1) is 13.2 Å². The van der Waals surface area contributed by atoms with Crippen LogP contribution in [0.2, 0.25) is 0 Å². The first-order valence-corrected chi connectivity index (χ1v) is 11.4. The Kier molecular flexibility index (Phi) is 7.09. The molecule has 0 aromatic heterocycles. The minimum Gasteiger partial charge on any atom is -0.493 e. The first-order chi connectivity index (χ1) is 16.7. The molecule has 1 aliphatic heterocycles. The zero-order valence-electron chi connectivity index (χ0n) is 19.5. The average molecular weight is 492 g/mol. The number of ether oxygens (including phenoxy) is 3. The average Bonchev–Trinajstić information content (AvgIpc) is 3.34. The second-order valence-electron chi connectivity index (χ2n) is 8.64. The van der Waals surface area contributed by atoms with Crippen LogP contribution in [0.15, 0.2) is 36.4 Å². The summed E-state index contributed by atoms with van der Waals surface area (Å²) < 4.78 is 53.0. The van der Waals surface area contributed by atoms with E-state index >= 15 is 0 Å². The molecular weight excluding hydrogens is 465 g/mol. The van der Waals surface area contributed by atoms with Gasteiger partial charge in [0.1, 0.15) is 11.8 Å². The lowest BCUT2D eigenvalue weighted by molar-refractivity contribution is -0.274. The van der Waals surface area contributed by atoms with Crippen LogP contribution in [0.4, 0.5) is 13.2 Å². The molecule has 1 N–H and O–H groups in total. The standard InChI is InChI=1S/C25H27F3N2O5/c1-29-23(31)20-11-16-12-21(33-2)22(34-18-5-3-4-6-18)13-17(16)14-30(20)24(32)15-7-9-19(10-8-15)35-25(26,27)28/h7-10,12-13,18,20H,3-6,11,14H2,1-2H3,(H,29,31). The highest BCUT2D eigenvalue weighted by atomic mass is 19.4. The van der Waals surface area contributed by atoms with Crippen LogP contribution in [0.1, 0.15) is 47.2 Å². The number of carbonyl (C=O) groups excluding carboxylic acids is 2. The maximum absolute atomic E-state index is 13.4. The fraction of sp³-hybridized carbons (Fsp3) is 0.440. The zero-order valence-corrected chi connectivity index (χ0v) is 19.5. The number of halogens is 3. The number of rotatable bonds is 6. The molecule has 2 aromatic carbocycles. The summed E-state index contributed by atoms with van der Waals surface area (Å²) in [5.41, 5.74) is 1.84. The van der Waals surface area contributed by atoms with Crippen molar-refractivity contribution in [2.24, 2.45) is 0 Å². The Hall–Kier alpha value is -3.43. The van der Waals surface area contributed by atoms with Crippen molar-refractivity contribution in [3.8, 4) is 17.2 Å². The molecule has 1 saturated carbocycles. The van der Waals surface area contributed by atoms with Crippen molar-refractivity contribution in [3.05, 3.63) is 53.1 Å². The first kappa shape index (κ1) is 24.7. The van der Waals surface area contributed by atoms with E-state index in [-0.39, 0.29) is 30.5 Å². The lowest BCUT2D eigenvalue weighted by Crippen LogP contribution is -2.52. The number of hydrogen-bond acceptors (Lipinski definition) is 5. The van der Waals surface area contributed by atoms with E-state index in [4.69, 9.17) is 9.47 Å². The summed E-state index contributed by atoms with van der Waals surface area (Å²) in [6, 6.07) is 7.56. The SMILES string of the molecule is CNC(=O)C1Cc2cc(OC)c(OC3CCCC3)cc2CN1C(=O)c1ccc(OC(F)(F)F)cc1. The molecule has 1 aliphatic carbocycles. The molecule has 0 saturated heterocycles. The van der Waals surface area contributed by atoms with Crippen LogP contribution in [0.3, 0.4) is 0 Å². The van der Waals surface area contributed by atoms with E-state index in [2.05, 4.69) is 10.1 Å². The van der Waals surface area contributed by atoms with E-state index in [1.54, 1.807) is 7.11 Å². The monoisotopic (exact) mass is 492 g/mol. The summed E-state index contributed by atoms with van der Waals surface area (Å²) in [6.45, 7) is 0.137. The molecule has 0 radical (unpaired) electrons. The summed E-state index contributed by atoms with van der Waals surface area (Å²) >= 11 is 0. The zero-order chi connectivity index (χ0) is 25.2. The number of nitrogens with one attached hydrogen (secondary N) is 1. The van der Waals surface area contributed by atoms with Gasteiger partial charge in [0.25, 0.3) is 5.91 Å². The van der Waals surface area contributed by atoms with Gasteiger partial charge in [0.2, 0.25) is 5.91 Å². The van der Waals surface area contributed by atoms with Gasteiger partial charge in [0.05, 0.1) is 13.2 Å². The third-order valence-corrected chi connectivity index (χ3v) is 6.36. The number of hydrogen-bond donors (Lipinski definition) is 1. The quantitative estimate of drug-likeness (QED) is 0.653. The Labute approximate surface area is 201 Å². The van der Waals surface area contributed by atoms with Crippen LogP contribution < -0.4 is 19.5 Å². The molecule has 2 aromatic rings. The van der Waals surface area contributed by atoms with Crippen molar-refractivity contribution in [1.29, 1.82) is 0 Å². The van der Waals surface area contributed by atoms with E-state index in [9.17, 15) is 22.8 Å². The first-order valence-electron chi connectivity index (χ1n) is 11.4. The van der Waals surface area contributed by atoms with Crippen molar-refractivity contribution < 1.29 is 37.0 Å². The fourth-order valence-electron chi connectivity index (χ4n) is 4.61. The van der Waals surface area contributed by atoms with Gasteiger partial charge in [0, 0.05) is 25.6 Å². The van der Waals surface area contributed by atoms with E-state index in [1.165, 1.54) is 24.1 Å². The molecule has 1 atom stereocenters. The second kappa shape index (κ2) is 10.1. The largest absolute Gasteiger partial charge is 0.573 e. The number of likely N-dealkylation sites (N-methyl/N-ethyl adjacent to an activating group) is 1. The normalized spacial score (nSPS) is 18.1. The van der Waals surface area contributed by atoms with Crippen molar-refractivity contribution >= 4 is 11.8 Å². The summed E-state index contributed by atoms with van der Waals surface area (Å²) in [6.07, 6.45) is -0.294. The van der Waals surface area contributed by atoms with Crippen molar-refractivity contribution in [1.82, 2.24) is 10.2 Å². The maximum Gasteiger partial charge on any atom is 0.573 e. The topological polar surface area (TPSA) is 77.1 Å².